The second-order valence-corrected chi connectivity index (χ2v) is 9.70. The number of carbonyl (C=O) groups is 1. The lowest BCUT2D eigenvalue weighted by molar-refractivity contribution is -0.144. The first kappa shape index (κ1) is 26.5. The molecule has 0 saturated heterocycles. The Morgan fingerprint density at radius 2 is 1.67 bits per heavy atom. The molecule has 0 bridgehead atoms. The Hall–Kier alpha value is -5.75. The molecule has 42 heavy (non-hydrogen) atoms. The van der Waals surface area contributed by atoms with Crippen LogP contribution in [0.1, 0.15) is 40.8 Å². The largest absolute Gasteiger partial charge is 0.461 e. The molecule has 2 aromatic heterocycles. The van der Waals surface area contributed by atoms with Crippen LogP contribution in [-0.4, -0.2) is 25.9 Å². The lowest BCUT2D eigenvalue weighted by atomic mass is 10.1. The number of hydrogen-bond acceptors (Lipinski definition) is 9. The van der Waals surface area contributed by atoms with E-state index in [2.05, 4.69) is 56.0 Å². The van der Waals surface area contributed by atoms with Gasteiger partial charge in [0.1, 0.15) is 6.61 Å². The van der Waals surface area contributed by atoms with Crippen LogP contribution in [0.25, 0.3) is 23.3 Å². The van der Waals surface area contributed by atoms with E-state index < -0.39 is 0 Å². The summed E-state index contributed by atoms with van der Waals surface area (Å²) in [4.78, 5) is 31.6. The van der Waals surface area contributed by atoms with Gasteiger partial charge in [0.05, 0.1) is 24.9 Å². The molecule has 4 N–H and O–H groups in total. The Kier molecular flexibility index (Phi) is 7.42. The predicted molar refractivity (Wildman–Crippen MR) is 164 cm³/mol. The second kappa shape index (κ2) is 11.8. The number of anilines is 4. The molecule has 0 unspecified atom stereocenters. The number of benzene rings is 3. The monoisotopic (exact) mass is 553 g/mol. The molecule has 9 heteroatoms. The lowest BCUT2D eigenvalue weighted by Crippen LogP contribution is -2.19. The molecule has 3 heterocycles. The molecule has 0 aliphatic carbocycles. The van der Waals surface area contributed by atoms with Gasteiger partial charge in [-0.15, -0.1) is 0 Å². The van der Waals surface area contributed by atoms with Crippen molar-refractivity contribution < 1.29 is 9.53 Å². The van der Waals surface area contributed by atoms with E-state index in [1.807, 2.05) is 60.7 Å². The normalized spacial score (nSPS) is 11.7. The van der Waals surface area contributed by atoms with Crippen molar-refractivity contribution in [1.82, 2.24) is 19.9 Å². The van der Waals surface area contributed by atoms with Crippen molar-refractivity contribution in [2.45, 2.75) is 26.0 Å². The maximum atomic E-state index is 12.1. The fourth-order valence-corrected chi connectivity index (χ4v) is 4.73. The Balaban J connectivity index is 1.21. The molecule has 6 rings (SSSR count). The Morgan fingerprint density at radius 1 is 0.881 bits per heavy atom. The maximum absolute atomic E-state index is 12.1. The van der Waals surface area contributed by atoms with Crippen molar-refractivity contribution in [3.63, 3.8) is 0 Å². The summed E-state index contributed by atoms with van der Waals surface area (Å²) in [5.74, 6) is 6.29. The zero-order valence-electron chi connectivity index (χ0n) is 22.7. The molecule has 0 atom stereocenters. The minimum atomic E-state index is -0.264. The molecule has 0 saturated carbocycles. The van der Waals surface area contributed by atoms with Gasteiger partial charge in [0.2, 0.25) is 5.95 Å². The minimum absolute atomic E-state index is 0.0605. The minimum Gasteiger partial charge on any atom is -0.461 e. The summed E-state index contributed by atoms with van der Waals surface area (Å²) in [7, 11) is 0. The number of para-hydroxylation sites is 1. The van der Waals surface area contributed by atoms with Crippen LogP contribution in [0.3, 0.4) is 0 Å². The van der Waals surface area contributed by atoms with E-state index in [-0.39, 0.29) is 30.8 Å². The van der Waals surface area contributed by atoms with Crippen molar-refractivity contribution in [3.05, 3.63) is 107 Å². The van der Waals surface area contributed by atoms with Crippen LogP contribution in [0.5, 0.6) is 0 Å². The molecule has 0 spiro atoms. The van der Waals surface area contributed by atoms with Gasteiger partial charge in [-0.1, -0.05) is 72.5 Å². The number of carbonyl (C=O) groups excluding carboxylic acids is 1. The quantitative estimate of drug-likeness (QED) is 0.213. The molecular weight excluding hydrogens is 526 g/mol. The van der Waals surface area contributed by atoms with Crippen LogP contribution < -0.4 is 16.4 Å². The molecule has 206 valence electrons. The number of fused-ring (bicyclic) bond motifs is 3. The number of aromatic nitrogens is 4. The predicted octanol–water partition coefficient (Wildman–Crippen LogP) is 5.28. The molecule has 0 fully saturated rings. The van der Waals surface area contributed by atoms with E-state index in [1.165, 1.54) is 0 Å². The van der Waals surface area contributed by atoms with Crippen molar-refractivity contribution in [2.24, 2.45) is 0 Å². The smallest absolute Gasteiger partial charge is 0.307 e. The first-order chi connectivity index (χ1) is 20.5. The number of nitrogen functional groups attached to an aromatic ring is 2. The maximum Gasteiger partial charge on any atom is 0.307 e. The summed E-state index contributed by atoms with van der Waals surface area (Å²) in [5.41, 5.74) is 19.2. The fourth-order valence-electron chi connectivity index (χ4n) is 4.73. The van der Waals surface area contributed by atoms with Gasteiger partial charge in [0.25, 0.3) is 0 Å². The summed E-state index contributed by atoms with van der Waals surface area (Å²) >= 11 is 0. The number of ether oxygens (including phenoxy) is 1. The Labute approximate surface area is 242 Å². The Bertz CT molecular complexity index is 1880. The van der Waals surface area contributed by atoms with E-state index in [0.717, 1.165) is 33.6 Å². The molecular formula is C33H27N7O2. The highest BCUT2D eigenvalue weighted by atomic mass is 16.5. The molecule has 0 amide bonds. The van der Waals surface area contributed by atoms with Crippen LogP contribution in [0, 0.1) is 11.8 Å². The first-order valence-electron chi connectivity index (χ1n) is 13.5. The van der Waals surface area contributed by atoms with Crippen LogP contribution >= 0.6 is 0 Å². The molecule has 0 radical (unpaired) electrons. The highest BCUT2D eigenvalue weighted by Crippen LogP contribution is 2.37. The van der Waals surface area contributed by atoms with E-state index in [9.17, 15) is 4.79 Å². The van der Waals surface area contributed by atoms with E-state index in [0.29, 0.717) is 29.8 Å². The number of nitrogens with zero attached hydrogens (tertiary/aromatic N) is 5. The van der Waals surface area contributed by atoms with Crippen molar-refractivity contribution >= 4 is 52.4 Å². The number of rotatable bonds is 6. The molecule has 1 aliphatic heterocycles. The van der Waals surface area contributed by atoms with Crippen LogP contribution in [0.2, 0.25) is 0 Å². The first-order valence-corrected chi connectivity index (χ1v) is 13.5. The van der Waals surface area contributed by atoms with Crippen LogP contribution in [0.15, 0.2) is 79.0 Å². The SMILES string of the molecule is Nc1nc(N)c2nc(CN3c4ccccc4C=Cc4cc(C#CCCC(=O)OCc5ccccc5)ccc43)cnc2n1. The number of esters is 1. The molecule has 1 aliphatic rings. The topological polar surface area (TPSA) is 133 Å². The summed E-state index contributed by atoms with van der Waals surface area (Å²) in [6.07, 6.45) is 6.51. The third-order valence-electron chi connectivity index (χ3n) is 6.74. The van der Waals surface area contributed by atoms with Crippen molar-refractivity contribution in [2.75, 3.05) is 16.4 Å². The highest BCUT2D eigenvalue weighted by molar-refractivity contribution is 5.89. The van der Waals surface area contributed by atoms with Gasteiger partial charge >= 0.3 is 5.97 Å². The zero-order valence-corrected chi connectivity index (χ0v) is 22.7. The third-order valence-corrected chi connectivity index (χ3v) is 6.74. The highest BCUT2D eigenvalue weighted by Gasteiger charge is 2.20. The second-order valence-electron chi connectivity index (χ2n) is 9.70. The van der Waals surface area contributed by atoms with E-state index in [4.69, 9.17) is 21.2 Å². The van der Waals surface area contributed by atoms with Gasteiger partial charge in [0, 0.05) is 23.4 Å². The third kappa shape index (κ3) is 5.88. The summed E-state index contributed by atoms with van der Waals surface area (Å²) in [6, 6.07) is 23.9. The van der Waals surface area contributed by atoms with Gasteiger partial charge in [-0.05, 0) is 41.0 Å². The summed E-state index contributed by atoms with van der Waals surface area (Å²) < 4.78 is 5.35. The standard InChI is InChI=1S/C33H27N7O2/c34-31-30-32(39-33(35)38-31)36-19-26(37-30)20-40-27-12-6-5-11-24(27)15-16-25-18-22(14-17-28(25)40)8-4-7-13-29(41)42-21-23-9-2-1-3-10-23/h1-3,5-6,9-12,14-19H,7,13,20-21H2,(H4,34,35,36,38,39). The van der Waals surface area contributed by atoms with Crippen LogP contribution in [-0.2, 0) is 22.7 Å². The summed E-state index contributed by atoms with van der Waals surface area (Å²) in [6.45, 7) is 0.707. The molecule has 3 aromatic carbocycles. The lowest BCUT2D eigenvalue weighted by Gasteiger charge is -2.26. The van der Waals surface area contributed by atoms with Gasteiger partial charge < -0.3 is 21.1 Å². The van der Waals surface area contributed by atoms with Gasteiger partial charge in [-0.3, -0.25) is 4.79 Å². The number of hydrogen-bond donors (Lipinski definition) is 2. The van der Waals surface area contributed by atoms with E-state index >= 15 is 0 Å². The van der Waals surface area contributed by atoms with Crippen molar-refractivity contribution in [1.29, 1.82) is 0 Å². The van der Waals surface area contributed by atoms with Crippen LogP contribution in [0.4, 0.5) is 23.1 Å². The molecule has 5 aromatic rings. The average molecular weight is 554 g/mol. The van der Waals surface area contributed by atoms with Gasteiger partial charge in [-0.25, -0.2) is 9.97 Å². The Morgan fingerprint density at radius 3 is 2.55 bits per heavy atom. The average Bonchev–Trinajstić information content (AvgIpc) is 3.16. The molecule has 9 nitrogen and oxygen atoms in total. The zero-order chi connectivity index (χ0) is 28.9. The van der Waals surface area contributed by atoms with Gasteiger partial charge in [0.15, 0.2) is 17.0 Å². The van der Waals surface area contributed by atoms with E-state index in [1.54, 1.807) is 6.20 Å². The van der Waals surface area contributed by atoms with Crippen molar-refractivity contribution in [3.8, 4) is 11.8 Å². The fraction of sp³-hybridized carbons (Fsp3) is 0.121. The summed E-state index contributed by atoms with van der Waals surface area (Å²) in [5, 5.41) is 0. The van der Waals surface area contributed by atoms with Gasteiger partial charge in [-0.2, -0.15) is 9.97 Å². The number of nitrogens with two attached hydrogens (primary N) is 2.